The van der Waals surface area contributed by atoms with Gasteiger partial charge < -0.3 is 4.90 Å². The van der Waals surface area contributed by atoms with Crippen molar-refractivity contribution in [2.24, 2.45) is 0 Å². The molecule has 4 aromatic rings. The summed E-state index contributed by atoms with van der Waals surface area (Å²) < 4.78 is 0. The second-order valence-electron chi connectivity index (χ2n) is 7.65. The van der Waals surface area contributed by atoms with E-state index in [2.05, 4.69) is 53.4 Å². The highest BCUT2D eigenvalue weighted by Crippen LogP contribution is 2.40. The van der Waals surface area contributed by atoms with Crippen molar-refractivity contribution in [3.05, 3.63) is 60.2 Å². The maximum Gasteiger partial charge on any atom is 0.152 e. The summed E-state index contributed by atoms with van der Waals surface area (Å²) in [6.45, 7) is 3.89. The first-order chi connectivity index (χ1) is 13.2. The van der Waals surface area contributed by atoms with E-state index >= 15 is 0 Å². The molecule has 1 saturated heterocycles. The van der Waals surface area contributed by atoms with E-state index in [1.165, 1.54) is 57.3 Å². The molecule has 0 atom stereocenters. The molecule has 5 rings (SSSR count). The highest BCUT2D eigenvalue weighted by molar-refractivity contribution is 6.26. The second kappa shape index (κ2) is 6.38. The van der Waals surface area contributed by atoms with Crippen LogP contribution in [-0.4, -0.2) is 18.9 Å². The van der Waals surface area contributed by atoms with Crippen LogP contribution in [0.15, 0.2) is 54.6 Å². The number of carbonyl (C=O) groups is 1. The molecule has 0 bridgehead atoms. The van der Waals surface area contributed by atoms with E-state index in [0.717, 1.165) is 18.7 Å². The standard InChI is InChI=1S/C25H23NO/c1-17(27)5-6-18-7-8-19-10-13-22-23(26-15-3-2-4-16-26)14-11-20-9-12-21(18)24(19)25(20)22/h5-14H,2-4,15-16H2,1H3/b6-5+. The van der Waals surface area contributed by atoms with Gasteiger partial charge in [0.25, 0.3) is 0 Å². The predicted octanol–water partition coefficient (Wildman–Crippen LogP) is 6.18. The van der Waals surface area contributed by atoms with Crippen molar-refractivity contribution in [1.29, 1.82) is 0 Å². The van der Waals surface area contributed by atoms with Gasteiger partial charge in [-0.05, 0) is 70.8 Å². The Morgan fingerprint density at radius 1 is 0.815 bits per heavy atom. The fraction of sp³-hybridized carbons (Fsp3) is 0.240. The quantitative estimate of drug-likeness (QED) is 0.324. The monoisotopic (exact) mass is 353 g/mol. The van der Waals surface area contributed by atoms with Crippen molar-refractivity contribution in [2.45, 2.75) is 26.2 Å². The molecular formula is C25H23NO. The lowest BCUT2D eigenvalue weighted by Gasteiger charge is -2.30. The van der Waals surface area contributed by atoms with E-state index in [1.54, 1.807) is 13.0 Å². The lowest BCUT2D eigenvalue weighted by atomic mass is 9.90. The Balaban J connectivity index is 1.81. The van der Waals surface area contributed by atoms with Crippen LogP contribution in [-0.2, 0) is 4.79 Å². The normalized spacial score (nSPS) is 15.5. The molecule has 0 N–H and O–H groups in total. The fourth-order valence-corrected chi connectivity index (χ4v) is 4.57. The first-order valence-corrected chi connectivity index (χ1v) is 9.86. The number of nitrogens with zero attached hydrogens (tertiary/aromatic N) is 1. The largest absolute Gasteiger partial charge is 0.371 e. The Bertz CT molecular complexity index is 1180. The molecule has 1 aliphatic heterocycles. The Hall–Kier alpha value is -2.87. The minimum Gasteiger partial charge on any atom is -0.371 e. The van der Waals surface area contributed by atoms with Crippen LogP contribution in [0.4, 0.5) is 5.69 Å². The zero-order valence-electron chi connectivity index (χ0n) is 15.7. The molecule has 0 aliphatic carbocycles. The van der Waals surface area contributed by atoms with Gasteiger partial charge in [-0.1, -0.05) is 48.5 Å². The zero-order chi connectivity index (χ0) is 18.4. The maximum absolute atomic E-state index is 11.4. The summed E-state index contributed by atoms with van der Waals surface area (Å²) in [6, 6.07) is 17.8. The molecule has 1 fully saturated rings. The Labute approximate surface area is 159 Å². The highest BCUT2D eigenvalue weighted by Gasteiger charge is 2.17. The SMILES string of the molecule is CC(=O)/C=C/c1ccc2ccc3c(N4CCCCC4)ccc4ccc1c2c43. The molecule has 2 nitrogen and oxygen atoms in total. The minimum atomic E-state index is 0.0769. The number of ketones is 1. The molecule has 0 unspecified atom stereocenters. The molecule has 0 amide bonds. The van der Waals surface area contributed by atoms with Gasteiger partial charge in [0.1, 0.15) is 0 Å². The van der Waals surface area contributed by atoms with Gasteiger partial charge in [0.2, 0.25) is 0 Å². The van der Waals surface area contributed by atoms with Gasteiger partial charge in [-0.15, -0.1) is 0 Å². The summed E-state index contributed by atoms with van der Waals surface area (Å²) in [4.78, 5) is 14.0. The number of rotatable bonds is 3. The summed E-state index contributed by atoms with van der Waals surface area (Å²) in [5.74, 6) is 0.0769. The first-order valence-electron chi connectivity index (χ1n) is 9.86. The van der Waals surface area contributed by atoms with Gasteiger partial charge in [-0.3, -0.25) is 4.79 Å². The predicted molar refractivity (Wildman–Crippen MR) is 116 cm³/mol. The van der Waals surface area contributed by atoms with E-state index in [0.29, 0.717) is 0 Å². The maximum atomic E-state index is 11.4. The van der Waals surface area contributed by atoms with Crippen LogP contribution in [0.1, 0.15) is 31.7 Å². The molecule has 4 aromatic carbocycles. The summed E-state index contributed by atoms with van der Waals surface area (Å²) in [5, 5.41) is 7.79. The van der Waals surface area contributed by atoms with E-state index in [9.17, 15) is 4.79 Å². The Kier molecular flexibility index (Phi) is 3.86. The zero-order valence-corrected chi connectivity index (χ0v) is 15.7. The van der Waals surface area contributed by atoms with Gasteiger partial charge in [0.15, 0.2) is 5.78 Å². The van der Waals surface area contributed by atoms with Gasteiger partial charge in [0, 0.05) is 24.2 Å². The Morgan fingerprint density at radius 2 is 1.44 bits per heavy atom. The molecule has 0 radical (unpaired) electrons. The molecule has 0 saturated carbocycles. The van der Waals surface area contributed by atoms with Crippen LogP contribution in [0, 0.1) is 0 Å². The van der Waals surface area contributed by atoms with Crippen LogP contribution in [0.25, 0.3) is 38.4 Å². The van der Waals surface area contributed by atoms with E-state index < -0.39 is 0 Å². The third-order valence-electron chi connectivity index (χ3n) is 5.87. The first kappa shape index (κ1) is 16.3. The number of allylic oxidation sites excluding steroid dienone is 1. The van der Waals surface area contributed by atoms with Crippen LogP contribution < -0.4 is 4.90 Å². The third kappa shape index (κ3) is 2.68. The molecule has 1 aliphatic rings. The topological polar surface area (TPSA) is 20.3 Å². The summed E-state index contributed by atoms with van der Waals surface area (Å²) in [7, 11) is 0. The van der Waals surface area contributed by atoms with E-state index in [-0.39, 0.29) is 5.78 Å². The number of carbonyl (C=O) groups excluding carboxylic acids is 1. The highest BCUT2D eigenvalue weighted by atomic mass is 16.1. The van der Waals surface area contributed by atoms with Crippen molar-refractivity contribution in [3.63, 3.8) is 0 Å². The van der Waals surface area contributed by atoms with Crippen LogP contribution in [0.2, 0.25) is 0 Å². The van der Waals surface area contributed by atoms with Crippen molar-refractivity contribution < 1.29 is 4.79 Å². The van der Waals surface area contributed by atoms with Crippen molar-refractivity contribution in [3.8, 4) is 0 Å². The second-order valence-corrected chi connectivity index (χ2v) is 7.65. The van der Waals surface area contributed by atoms with Crippen molar-refractivity contribution in [2.75, 3.05) is 18.0 Å². The molecule has 134 valence electrons. The van der Waals surface area contributed by atoms with Gasteiger partial charge >= 0.3 is 0 Å². The number of piperidine rings is 1. The summed E-state index contributed by atoms with van der Waals surface area (Å²) in [6.07, 6.45) is 7.50. The van der Waals surface area contributed by atoms with E-state index in [1.807, 2.05) is 6.08 Å². The molecule has 0 aromatic heterocycles. The van der Waals surface area contributed by atoms with Crippen molar-refractivity contribution >= 4 is 49.9 Å². The van der Waals surface area contributed by atoms with Crippen LogP contribution in [0.5, 0.6) is 0 Å². The fourth-order valence-electron chi connectivity index (χ4n) is 4.57. The minimum absolute atomic E-state index is 0.0769. The number of hydrogen-bond acceptors (Lipinski definition) is 2. The number of hydrogen-bond donors (Lipinski definition) is 0. The number of anilines is 1. The average molecular weight is 353 g/mol. The average Bonchev–Trinajstić information content (AvgIpc) is 2.71. The Morgan fingerprint density at radius 3 is 2.19 bits per heavy atom. The van der Waals surface area contributed by atoms with Gasteiger partial charge in [-0.25, -0.2) is 0 Å². The lowest BCUT2D eigenvalue weighted by Crippen LogP contribution is -2.29. The summed E-state index contributed by atoms with van der Waals surface area (Å²) >= 11 is 0. The lowest BCUT2D eigenvalue weighted by molar-refractivity contribution is -0.112. The van der Waals surface area contributed by atoms with Gasteiger partial charge in [0.05, 0.1) is 0 Å². The van der Waals surface area contributed by atoms with E-state index in [4.69, 9.17) is 0 Å². The van der Waals surface area contributed by atoms with Crippen LogP contribution >= 0.6 is 0 Å². The third-order valence-corrected chi connectivity index (χ3v) is 5.87. The summed E-state index contributed by atoms with van der Waals surface area (Å²) in [5.41, 5.74) is 2.47. The van der Waals surface area contributed by atoms with Gasteiger partial charge in [-0.2, -0.15) is 0 Å². The number of benzene rings is 4. The molecular weight excluding hydrogens is 330 g/mol. The molecule has 2 heteroatoms. The van der Waals surface area contributed by atoms with Crippen LogP contribution in [0.3, 0.4) is 0 Å². The van der Waals surface area contributed by atoms with Crippen molar-refractivity contribution in [1.82, 2.24) is 0 Å². The molecule has 0 spiro atoms. The smallest absolute Gasteiger partial charge is 0.152 e. The molecule has 27 heavy (non-hydrogen) atoms. The molecule has 1 heterocycles.